The number of hydrogen-bond donors (Lipinski definition) is 0. The first kappa shape index (κ1) is 24.8. The fraction of sp³-hybridized carbons (Fsp3) is 0.321. The number of benzene rings is 2. The van der Waals surface area contributed by atoms with E-state index in [1.807, 2.05) is 42.2 Å². The lowest BCUT2D eigenvalue weighted by molar-refractivity contribution is 0.0708. The molecule has 3 heterocycles. The van der Waals surface area contributed by atoms with Crippen molar-refractivity contribution in [2.24, 2.45) is 0 Å². The highest BCUT2D eigenvalue weighted by Crippen LogP contribution is 2.41. The molecule has 1 fully saturated rings. The maximum Gasteiger partial charge on any atom is 0.257 e. The highest BCUT2D eigenvalue weighted by Gasteiger charge is 2.30. The van der Waals surface area contributed by atoms with Crippen LogP contribution in [0.5, 0.6) is 17.2 Å². The van der Waals surface area contributed by atoms with E-state index in [1.165, 1.54) is 14.2 Å². The number of aryl methyl sites for hydroxylation is 1. The molecular weight excluding hydrogens is 490 g/mol. The monoisotopic (exact) mass is 519 g/mol. The van der Waals surface area contributed by atoms with Crippen molar-refractivity contribution in [1.29, 1.82) is 0 Å². The minimum atomic E-state index is -0.0799. The van der Waals surface area contributed by atoms with Crippen molar-refractivity contribution in [2.75, 3.05) is 34.4 Å². The zero-order valence-electron chi connectivity index (χ0n) is 21.3. The molecule has 0 radical (unpaired) electrons. The van der Waals surface area contributed by atoms with Crippen LogP contribution < -0.4 is 14.2 Å². The molecule has 1 aliphatic rings. The third kappa shape index (κ3) is 4.67. The molecule has 37 heavy (non-hydrogen) atoms. The smallest absolute Gasteiger partial charge is 0.257 e. The Morgan fingerprint density at radius 1 is 1.00 bits per heavy atom. The number of methoxy groups -OCH3 is 3. The van der Waals surface area contributed by atoms with Crippen LogP contribution >= 0.6 is 11.3 Å². The Morgan fingerprint density at radius 2 is 1.73 bits per heavy atom. The van der Waals surface area contributed by atoms with Gasteiger partial charge in [0, 0.05) is 30.0 Å². The Kier molecular flexibility index (Phi) is 7.14. The molecule has 1 amide bonds. The van der Waals surface area contributed by atoms with Gasteiger partial charge in [-0.1, -0.05) is 35.5 Å². The van der Waals surface area contributed by atoms with E-state index in [1.54, 1.807) is 30.6 Å². The summed E-state index contributed by atoms with van der Waals surface area (Å²) in [5, 5.41) is 7.45. The second-order valence-electron chi connectivity index (χ2n) is 8.85. The van der Waals surface area contributed by atoms with Crippen LogP contribution in [0, 0.1) is 6.92 Å². The van der Waals surface area contributed by atoms with Gasteiger partial charge in [-0.15, -0.1) is 11.3 Å². The first-order valence-electron chi connectivity index (χ1n) is 12.1. The molecule has 1 aliphatic heterocycles. The van der Waals surface area contributed by atoms with Gasteiger partial charge in [0.1, 0.15) is 11.5 Å². The number of thiazole rings is 1. The van der Waals surface area contributed by atoms with Gasteiger partial charge in [-0.2, -0.15) is 0 Å². The summed E-state index contributed by atoms with van der Waals surface area (Å²) in [6, 6.07) is 13.5. The minimum Gasteiger partial charge on any atom is -0.493 e. The van der Waals surface area contributed by atoms with Gasteiger partial charge < -0.3 is 23.6 Å². The minimum absolute atomic E-state index is 0.0799. The van der Waals surface area contributed by atoms with Crippen molar-refractivity contribution in [3.63, 3.8) is 0 Å². The SMILES string of the molecule is COc1ccc(C(=O)N2CCC(c3nc(-c4c(-c5ccccc5)noc4C)cs3)CC2)c(OC)c1OC. The third-order valence-electron chi connectivity index (χ3n) is 6.75. The predicted molar refractivity (Wildman–Crippen MR) is 142 cm³/mol. The highest BCUT2D eigenvalue weighted by molar-refractivity contribution is 7.10. The van der Waals surface area contributed by atoms with E-state index in [2.05, 4.69) is 10.5 Å². The van der Waals surface area contributed by atoms with Crippen LogP contribution in [0.25, 0.3) is 22.5 Å². The van der Waals surface area contributed by atoms with Crippen molar-refractivity contribution in [1.82, 2.24) is 15.0 Å². The molecule has 8 nitrogen and oxygen atoms in total. The molecule has 5 rings (SSSR count). The van der Waals surface area contributed by atoms with Crippen molar-refractivity contribution in [3.8, 4) is 39.8 Å². The fourth-order valence-corrected chi connectivity index (χ4v) is 5.81. The van der Waals surface area contributed by atoms with Crippen molar-refractivity contribution < 1.29 is 23.5 Å². The number of amides is 1. The average Bonchev–Trinajstić information content (AvgIpc) is 3.59. The lowest BCUT2D eigenvalue weighted by Gasteiger charge is -2.31. The molecule has 0 atom stereocenters. The van der Waals surface area contributed by atoms with Crippen molar-refractivity contribution >= 4 is 17.2 Å². The molecule has 0 bridgehead atoms. The number of rotatable bonds is 7. The molecule has 2 aromatic heterocycles. The Hall–Kier alpha value is -3.85. The summed E-state index contributed by atoms with van der Waals surface area (Å²) < 4.78 is 21.9. The van der Waals surface area contributed by atoms with Gasteiger partial charge in [0.15, 0.2) is 11.5 Å². The molecule has 0 saturated carbocycles. The van der Waals surface area contributed by atoms with E-state index in [0.29, 0.717) is 35.9 Å². The number of likely N-dealkylation sites (tertiary alicyclic amines) is 1. The molecular formula is C28H29N3O5S. The van der Waals surface area contributed by atoms with E-state index >= 15 is 0 Å². The van der Waals surface area contributed by atoms with E-state index in [-0.39, 0.29) is 11.8 Å². The van der Waals surface area contributed by atoms with E-state index < -0.39 is 0 Å². The van der Waals surface area contributed by atoms with E-state index in [0.717, 1.165) is 46.1 Å². The van der Waals surface area contributed by atoms with Crippen LogP contribution in [-0.2, 0) is 0 Å². The van der Waals surface area contributed by atoms with Crippen molar-refractivity contribution in [3.05, 3.63) is 64.2 Å². The summed E-state index contributed by atoms with van der Waals surface area (Å²) in [4.78, 5) is 20.2. The lowest BCUT2D eigenvalue weighted by atomic mass is 9.96. The lowest BCUT2D eigenvalue weighted by Crippen LogP contribution is -2.38. The summed E-state index contributed by atoms with van der Waals surface area (Å²) in [6.45, 7) is 3.19. The molecule has 2 aromatic carbocycles. The topological polar surface area (TPSA) is 86.9 Å². The summed E-state index contributed by atoms with van der Waals surface area (Å²) in [6.07, 6.45) is 1.67. The summed E-state index contributed by atoms with van der Waals surface area (Å²) in [5.74, 6) is 2.28. The standard InChI is InChI=1S/C28H29N3O5S/c1-17-23(24(30-36-17)18-8-6-5-7-9-18)21-16-37-27(29-21)19-12-14-31(15-13-19)28(32)20-10-11-22(33-2)26(35-4)25(20)34-3/h5-11,16,19H,12-15H2,1-4H3. The fourth-order valence-electron chi connectivity index (χ4n) is 4.83. The van der Waals surface area contributed by atoms with E-state index in [4.69, 9.17) is 23.7 Å². The van der Waals surface area contributed by atoms with Gasteiger partial charge in [0.25, 0.3) is 5.91 Å². The number of aromatic nitrogens is 2. The van der Waals surface area contributed by atoms with Gasteiger partial charge in [-0.3, -0.25) is 4.79 Å². The normalized spacial score (nSPS) is 14.0. The predicted octanol–water partition coefficient (Wildman–Crippen LogP) is 5.82. The summed E-state index contributed by atoms with van der Waals surface area (Å²) >= 11 is 1.65. The zero-order valence-corrected chi connectivity index (χ0v) is 22.1. The van der Waals surface area contributed by atoms with Gasteiger partial charge in [-0.05, 0) is 31.9 Å². The largest absolute Gasteiger partial charge is 0.493 e. The second kappa shape index (κ2) is 10.6. The van der Waals surface area contributed by atoms with E-state index in [9.17, 15) is 4.79 Å². The van der Waals surface area contributed by atoms with Gasteiger partial charge in [0.05, 0.1) is 43.2 Å². The quantitative estimate of drug-likeness (QED) is 0.304. The van der Waals surface area contributed by atoms with Crippen LogP contribution in [-0.4, -0.2) is 55.4 Å². The van der Waals surface area contributed by atoms with Gasteiger partial charge >= 0.3 is 0 Å². The Balaban J connectivity index is 1.31. The Bertz CT molecular complexity index is 1390. The van der Waals surface area contributed by atoms with Gasteiger partial charge in [0.2, 0.25) is 5.75 Å². The first-order valence-corrected chi connectivity index (χ1v) is 13.0. The number of nitrogens with zero attached hydrogens (tertiary/aromatic N) is 3. The van der Waals surface area contributed by atoms with Crippen LogP contribution in [0.1, 0.15) is 39.9 Å². The highest BCUT2D eigenvalue weighted by atomic mass is 32.1. The van der Waals surface area contributed by atoms with Crippen molar-refractivity contribution in [2.45, 2.75) is 25.7 Å². The maximum absolute atomic E-state index is 13.4. The Morgan fingerprint density at radius 3 is 2.41 bits per heavy atom. The number of hydrogen-bond acceptors (Lipinski definition) is 8. The maximum atomic E-state index is 13.4. The molecule has 0 N–H and O–H groups in total. The molecule has 0 aliphatic carbocycles. The molecule has 1 saturated heterocycles. The van der Waals surface area contributed by atoms with Crippen LogP contribution in [0.15, 0.2) is 52.4 Å². The molecule has 192 valence electrons. The molecule has 0 spiro atoms. The average molecular weight is 520 g/mol. The van der Waals surface area contributed by atoms with Crippen LogP contribution in [0.2, 0.25) is 0 Å². The third-order valence-corrected chi connectivity index (χ3v) is 7.76. The number of piperidine rings is 1. The number of ether oxygens (including phenoxy) is 3. The molecule has 0 unspecified atom stereocenters. The number of carbonyl (C=O) groups is 1. The molecule has 4 aromatic rings. The Labute approximate surface area is 219 Å². The van der Waals surface area contributed by atoms with Crippen LogP contribution in [0.3, 0.4) is 0 Å². The summed E-state index contributed by atoms with van der Waals surface area (Å²) in [7, 11) is 4.62. The second-order valence-corrected chi connectivity index (χ2v) is 9.74. The van der Waals surface area contributed by atoms with Gasteiger partial charge in [-0.25, -0.2) is 4.98 Å². The number of carbonyl (C=O) groups excluding carboxylic acids is 1. The first-order chi connectivity index (χ1) is 18.0. The zero-order chi connectivity index (χ0) is 25.9. The van der Waals surface area contributed by atoms with Crippen LogP contribution in [0.4, 0.5) is 0 Å². The summed E-state index contributed by atoms with van der Waals surface area (Å²) in [5.41, 5.74) is 4.08. The molecule has 9 heteroatoms.